The van der Waals surface area contributed by atoms with E-state index in [4.69, 9.17) is 4.74 Å². The van der Waals surface area contributed by atoms with Crippen LogP contribution in [0.3, 0.4) is 0 Å². The molecule has 0 bridgehead atoms. The van der Waals surface area contributed by atoms with Gasteiger partial charge in [-0.15, -0.1) is 10.2 Å². The number of methoxy groups -OCH3 is 1. The molecule has 0 aliphatic rings. The monoisotopic (exact) mass is 392 g/mol. The number of pyridine rings is 1. The molecule has 0 fully saturated rings. The minimum absolute atomic E-state index is 0.0377. The van der Waals surface area contributed by atoms with Crippen molar-refractivity contribution >= 4 is 34.2 Å². The van der Waals surface area contributed by atoms with E-state index in [1.165, 1.54) is 11.8 Å². The summed E-state index contributed by atoms with van der Waals surface area (Å²) in [5, 5.41) is 13.3. The fraction of sp³-hybridized carbons (Fsp3) is 0.190. The van der Waals surface area contributed by atoms with Crippen LogP contribution in [0.4, 0.5) is 0 Å². The number of carbonyl (C=O) groups is 1. The molecule has 0 radical (unpaired) electrons. The zero-order valence-electron chi connectivity index (χ0n) is 15.7. The van der Waals surface area contributed by atoms with Crippen molar-refractivity contribution in [3.05, 3.63) is 65.7 Å². The Hall–Kier alpha value is -3.06. The van der Waals surface area contributed by atoms with E-state index < -0.39 is 0 Å². The third kappa shape index (κ3) is 3.66. The molecule has 0 spiro atoms. The van der Waals surface area contributed by atoms with Gasteiger partial charge in [0.2, 0.25) is 5.91 Å². The molecule has 2 aromatic carbocycles. The largest absolute Gasteiger partial charge is 0.497 e. The predicted octanol–water partition coefficient (Wildman–Crippen LogP) is 3.61. The van der Waals surface area contributed by atoms with Crippen LogP contribution < -0.4 is 10.1 Å². The van der Waals surface area contributed by atoms with Crippen LogP contribution in [-0.2, 0) is 11.3 Å². The zero-order valence-corrected chi connectivity index (χ0v) is 16.5. The van der Waals surface area contributed by atoms with Gasteiger partial charge in [0.05, 0.1) is 18.4 Å². The Kier molecular flexibility index (Phi) is 5.16. The van der Waals surface area contributed by atoms with Crippen LogP contribution in [0.5, 0.6) is 5.75 Å². The Labute approximate surface area is 166 Å². The molecule has 0 unspecified atom stereocenters. The first-order chi connectivity index (χ1) is 13.7. The molecule has 7 heteroatoms. The first-order valence-corrected chi connectivity index (χ1v) is 9.90. The number of carbonyl (C=O) groups excluding carboxylic acids is 1. The topological polar surface area (TPSA) is 68.5 Å². The van der Waals surface area contributed by atoms with Gasteiger partial charge in [0, 0.05) is 11.9 Å². The van der Waals surface area contributed by atoms with E-state index in [1.54, 1.807) is 7.11 Å². The molecule has 4 rings (SSSR count). The Bertz CT molecular complexity index is 1140. The summed E-state index contributed by atoms with van der Waals surface area (Å²) in [7, 11) is 1.65. The second-order valence-electron chi connectivity index (χ2n) is 6.44. The molecule has 142 valence electrons. The molecule has 4 aromatic rings. The lowest BCUT2D eigenvalue weighted by Gasteiger charge is -2.09. The summed E-state index contributed by atoms with van der Waals surface area (Å²) >= 11 is 1.38. The number of amides is 1. The fourth-order valence-corrected chi connectivity index (χ4v) is 3.86. The number of aryl methyl sites for hydroxylation is 1. The number of rotatable bonds is 6. The van der Waals surface area contributed by atoms with Gasteiger partial charge in [0.15, 0.2) is 10.8 Å². The Balaban J connectivity index is 1.54. The van der Waals surface area contributed by atoms with Crippen molar-refractivity contribution in [2.75, 3.05) is 12.9 Å². The van der Waals surface area contributed by atoms with Gasteiger partial charge in [-0.25, -0.2) is 0 Å². The summed E-state index contributed by atoms with van der Waals surface area (Å²) in [4.78, 5) is 12.3. The molecule has 1 amide bonds. The second-order valence-corrected chi connectivity index (χ2v) is 7.39. The Morgan fingerprint density at radius 3 is 2.75 bits per heavy atom. The number of thioether (sulfide) groups is 1. The standard InChI is InChI=1S/C21H20N4O2S/c1-14-10-16-11-17(27-2)8-9-18(16)25-20(14)23-24-21(25)28-13-19(26)22-12-15-6-4-3-5-7-15/h3-11H,12-13H2,1-2H3,(H,22,26). The van der Waals surface area contributed by atoms with E-state index in [0.29, 0.717) is 11.7 Å². The Morgan fingerprint density at radius 1 is 1.14 bits per heavy atom. The predicted molar refractivity (Wildman–Crippen MR) is 111 cm³/mol. The molecular weight excluding hydrogens is 372 g/mol. The lowest BCUT2D eigenvalue weighted by atomic mass is 10.1. The third-order valence-corrected chi connectivity index (χ3v) is 5.43. The zero-order chi connectivity index (χ0) is 19.5. The van der Waals surface area contributed by atoms with Crippen LogP contribution in [0.1, 0.15) is 11.1 Å². The van der Waals surface area contributed by atoms with E-state index >= 15 is 0 Å². The van der Waals surface area contributed by atoms with Crippen LogP contribution >= 0.6 is 11.8 Å². The number of nitrogens with one attached hydrogen (secondary N) is 1. The smallest absolute Gasteiger partial charge is 0.230 e. The number of nitrogens with zero attached hydrogens (tertiary/aromatic N) is 3. The van der Waals surface area contributed by atoms with E-state index in [-0.39, 0.29) is 11.7 Å². The van der Waals surface area contributed by atoms with Crippen LogP contribution in [0.2, 0.25) is 0 Å². The van der Waals surface area contributed by atoms with Gasteiger partial charge in [-0.05, 0) is 42.3 Å². The maximum atomic E-state index is 12.3. The third-order valence-electron chi connectivity index (χ3n) is 4.50. The number of ether oxygens (including phenoxy) is 1. The van der Waals surface area contributed by atoms with Gasteiger partial charge in [0.25, 0.3) is 0 Å². The Morgan fingerprint density at radius 2 is 1.96 bits per heavy atom. The average molecular weight is 392 g/mol. The van der Waals surface area contributed by atoms with Crippen LogP contribution in [-0.4, -0.2) is 33.4 Å². The lowest BCUT2D eigenvalue weighted by Crippen LogP contribution is -2.24. The van der Waals surface area contributed by atoms with E-state index in [9.17, 15) is 4.79 Å². The highest BCUT2D eigenvalue weighted by molar-refractivity contribution is 7.99. The maximum Gasteiger partial charge on any atom is 0.230 e. The van der Waals surface area contributed by atoms with Gasteiger partial charge in [-0.2, -0.15) is 0 Å². The van der Waals surface area contributed by atoms with Gasteiger partial charge in [-0.1, -0.05) is 42.1 Å². The SMILES string of the molecule is COc1ccc2c(c1)cc(C)c1nnc(SCC(=O)NCc3ccccc3)n12. The molecule has 2 aromatic heterocycles. The molecular formula is C21H20N4O2S. The van der Waals surface area contributed by atoms with Crippen molar-refractivity contribution in [3.63, 3.8) is 0 Å². The quantitative estimate of drug-likeness (QED) is 0.508. The van der Waals surface area contributed by atoms with Crippen molar-refractivity contribution in [2.24, 2.45) is 0 Å². The van der Waals surface area contributed by atoms with Crippen LogP contribution in [0, 0.1) is 6.92 Å². The maximum absolute atomic E-state index is 12.3. The van der Waals surface area contributed by atoms with Crippen molar-refractivity contribution in [1.82, 2.24) is 19.9 Å². The highest BCUT2D eigenvalue weighted by Crippen LogP contribution is 2.28. The lowest BCUT2D eigenvalue weighted by molar-refractivity contribution is -0.118. The first kappa shape index (κ1) is 18.3. The molecule has 0 saturated heterocycles. The van der Waals surface area contributed by atoms with E-state index in [2.05, 4.69) is 21.6 Å². The van der Waals surface area contributed by atoms with Gasteiger partial charge < -0.3 is 10.1 Å². The highest BCUT2D eigenvalue weighted by Gasteiger charge is 2.14. The fourth-order valence-electron chi connectivity index (χ4n) is 3.09. The summed E-state index contributed by atoms with van der Waals surface area (Å²) in [6.07, 6.45) is 0. The minimum atomic E-state index is -0.0377. The normalized spacial score (nSPS) is 11.1. The number of benzene rings is 2. The van der Waals surface area contributed by atoms with E-state index in [0.717, 1.165) is 33.4 Å². The summed E-state index contributed by atoms with van der Waals surface area (Å²) < 4.78 is 7.33. The molecule has 1 N–H and O–H groups in total. The molecule has 0 aliphatic heterocycles. The molecule has 0 aliphatic carbocycles. The molecule has 0 atom stereocenters. The van der Waals surface area contributed by atoms with Gasteiger partial charge >= 0.3 is 0 Å². The summed E-state index contributed by atoms with van der Waals surface area (Å²) in [5.74, 6) is 1.04. The van der Waals surface area contributed by atoms with Crippen molar-refractivity contribution in [3.8, 4) is 5.75 Å². The number of fused-ring (bicyclic) bond motifs is 3. The van der Waals surface area contributed by atoms with Crippen molar-refractivity contribution in [2.45, 2.75) is 18.6 Å². The van der Waals surface area contributed by atoms with E-state index in [1.807, 2.05) is 59.9 Å². The molecule has 6 nitrogen and oxygen atoms in total. The number of hydrogen-bond acceptors (Lipinski definition) is 5. The van der Waals surface area contributed by atoms with Crippen molar-refractivity contribution < 1.29 is 9.53 Å². The second kappa shape index (κ2) is 7.90. The molecule has 0 saturated carbocycles. The summed E-state index contributed by atoms with van der Waals surface area (Å²) in [6.45, 7) is 2.52. The first-order valence-electron chi connectivity index (χ1n) is 8.91. The minimum Gasteiger partial charge on any atom is -0.497 e. The van der Waals surface area contributed by atoms with Gasteiger partial charge in [-0.3, -0.25) is 9.20 Å². The number of hydrogen-bond donors (Lipinski definition) is 1. The van der Waals surface area contributed by atoms with Crippen molar-refractivity contribution in [1.29, 1.82) is 0 Å². The highest BCUT2D eigenvalue weighted by atomic mass is 32.2. The molecule has 2 heterocycles. The number of aromatic nitrogens is 3. The molecule has 28 heavy (non-hydrogen) atoms. The van der Waals surface area contributed by atoms with Crippen LogP contribution in [0.25, 0.3) is 16.6 Å². The summed E-state index contributed by atoms with van der Waals surface area (Å²) in [6, 6.07) is 17.8. The average Bonchev–Trinajstić information content (AvgIpc) is 3.16. The van der Waals surface area contributed by atoms with Gasteiger partial charge in [0.1, 0.15) is 5.75 Å². The van der Waals surface area contributed by atoms with Crippen LogP contribution in [0.15, 0.2) is 59.8 Å². The summed E-state index contributed by atoms with van der Waals surface area (Å²) in [5.41, 5.74) is 3.88.